The van der Waals surface area contributed by atoms with Gasteiger partial charge in [0, 0.05) is 11.4 Å². The average molecular weight is 389 g/mol. The molecule has 0 aliphatic carbocycles. The zero-order valence-electron chi connectivity index (χ0n) is 15.1. The highest BCUT2D eigenvalue weighted by molar-refractivity contribution is 6.06. The number of urea groups is 1. The topological polar surface area (TPSA) is 70.2 Å². The fraction of sp³-hybridized carbons (Fsp3) is 0.200. The molecule has 3 amide bonds. The Balaban J connectivity index is 1.97. The zero-order valence-corrected chi connectivity index (χ0v) is 15.1. The Bertz CT molecular complexity index is 950. The second-order valence-corrected chi connectivity index (χ2v) is 6.51. The van der Waals surface area contributed by atoms with E-state index >= 15 is 0 Å². The Morgan fingerprint density at radius 1 is 1.07 bits per heavy atom. The highest BCUT2D eigenvalue weighted by Crippen LogP contribution is 2.33. The largest absolute Gasteiger partial charge is 0.416 e. The summed E-state index contributed by atoms with van der Waals surface area (Å²) in [5.74, 6) is -0.517. The van der Waals surface area contributed by atoms with E-state index in [2.05, 4.69) is 16.0 Å². The van der Waals surface area contributed by atoms with Crippen LogP contribution in [0.5, 0.6) is 0 Å². The number of carbonyl (C=O) groups is 2. The second-order valence-electron chi connectivity index (χ2n) is 6.51. The minimum Gasteiger partial charge on any atom is -0.327 e. The van der Waals surface area contributed by atoms with Crippen LogP contribution in [0, 0.1) is 6.92 Å². The smallest absolute Gasteiger partial charge is 0.327 e. The summed E-state index contributed by atoms with van der Waals surface area (Å²) in [6.45, 7) is 3.44. The van der Waals surface area contributed by atoms with Crippen molar-refractivity contribution >= 4 is 17.6 Å². The molecule has 0 unspecified atom stereocenters. The molecule has 0 saturated heterocycles. The van der Waals surface area contributed by atoms with E-state index in [1.807, 2.05) is 19.1 Å². The number of allylic oxidation sites excluding steroid dienone is 1. The first-order valence-corrected chi connectivity index (χ1v) is 8.48. The Labute approximate surface area is 159 Å². The van der Waals surface area contributed by atoms with Gasteiger partial charge in [-0.05, 0) is 43.7 Å². The maximum absolute atomic E-state index is 13.1. The normalized spacial score (nSPS) is 17.0. The van der Waals surface area contributed by atoms with E-state index in [0.29, 0.717) is 5.69 Å². The van der Waals surface area contributed by atoms with Crippen LogP contribution in [0.3, 0.4) is 0 Å². The third-order valence-corrected chi connectivity index (χ3v) is 4.37. The Morgan fingerprint density at radius 3 is 2.39 bits per heavy atom. The average Bonchev–Trinajstić information content (AvgIpc) is 2.62. The number of hydrogen-bond donors (Lipinski definition) is 3. The second kappa shape index (κ2) is 7.38. The maximum atomic E-state index is 13.1. The standard InChI is InChI=1S/C20H18F3N3O2/c1-11-6-8-15(9-7-11)25-18(27)16-12(2)24-19(28)26-17(16)13-4-3-5-14(10-13)20(21,22)23/h3-10,17H,1-2H3,(H,25,27)(H2,24,26,28)/t17-/m1/s1. The summed E-state index contributed by atoms with van der Waals surface area (Å²) in [6, 6.07) is 10.0. The van der Waals surface area contributed by atoms with Gasteiger partial charge in [0.25, 0.3) is 5.91 Å². The van der Waals surface area contributed by atoms with Crippen LogP contribution >= 0.6 is 0 Å². The number of hydrogen-bond acceptors (Lipinski definition) is 2. The summed E-state index contributed by atoms with van der Waals surface area (Å²) in [4.78, 5) is 24.7. The minimum absolute atomic E-state index is 0.138. The van der Waals surface area contributed by atoms with Gasteiger partial charge < -0.3 is 16.0 Å². The molecule has 3 rings (SSSR count). The molecule has 1 aliphatic rings. The summed E-state index contributed by atoms with van der Waals surface area (Å²) >= 11 is 0. The van der Waals surface area contributed by atoms with E-state index in [0.717, 1.165) is 17.7 Å². The first kappa shape index (κ1) is 19.5. The van der Waals surface area contributed by atoms with Gasteiger partial charge >= 0.3 is 12.2 Å². The molecule has 5 nitrogen and oxygen atoms in total. The van der Waals surface area contributed by atoms with Crippen molar-refractivity contribution in [3.05, 3.63) is 76.5 Å². The number of alkyl halides is 3. The Hall–Kier alpha value is -3.29. The molecular weight excluding hydrogens is 371 g/mol. The lowest BCUT2D eigenvalue weighted by atomic mass is 9.93. The van der Waals surface area contributed by atoms with E-state index in [4.69, 9.17) is 0 Å². The zero-order chi connectivity index (χ0) is 20.5. The van der Waals surface area contributed by atoms with Gasteiger partial charge in [-0.1, -0.05) is 29.8 Å². The molecule has 0 saturated carbocycles. The van der Waals surface area contributed by atoms with Gasteiger partial charge in [-0.3, -0.25) is 4.79 Å². The fourth-order valence-electron chi connectivity index (χ4n) is 2.97. The lowest BCUT2D eigenvalue weighted by Gasteiger charge is -2.29. The SMILES string of the molecule is CC1=C(C(=O)Nc2ccc(C)cc2)[C@@H](c2cccc(C(F)(F)F)c2)NC(=O)N1. The summed E-state index contributed by atoms with van der Waals surface area (Å²) in [5, 5.41) is 7.75. The van der Waals surface area contributed by atoms with Crippen molar-refractivity contribution in [3.63, 3.8) is 0 Å². The van der Waals surface area contributed by atoms with E-state index < -0.39 is 29.7 Å². The predicted octanol–water partition coefficient (Wildman–Crippen LogP) is 4.28. The summed E-state index contributed by atoms with van der Waals surface area (Å²) < 4.78 is 39.2. The predicted molar refractivity (Wildman–Crippen MR) is 98.4 cm³/mol. The summed E-state index contributed by atoms with van der Waals surface area (Å²) in [6.07, 6.45) is -4.53. The Kier molecular flexibility index (Phi) is 5.13. The minimum atomic E-state index is -4.53. The number of rotatable bonds is 3. The fourth-order valence-corrected chi connectivity index (χ4v) is 2.97. The summed E-state index contributed by atoms with van der Waals surface area (Å²) in [5.41, 5.74) is 1.28. The van der Waals surface area contributed by atoms with Crippen LogP contribution in [0.2, 0.25) is 0 Å². The lowest BCUT2D eigenvalue weighted by molar-refractivity contribution is -0.137. The molecule has 3 N–H and O–H groups in total. The van der Waals surface area contributed by atoms with E-state index in [9.17, 15) is 22.8 Å². The van der Waals surface area contributed by atoms with E-state index in [-0.39, 0.29) is 16.8 Å². The molecule has 0 fully saturated rings. The highest BCUT2D eigenvalue weighted by Gasteiger charge is 2.34. The van der Waals surface area contributed by atoms with Gasteiger partial charge in [-0.2, -0.15) is 13.2 Å². The molecule has 0 radical (unpaired) electrons. The van der Waals surface area contributed by atoms with Crippen molar-refractivity contribution in [1.29, 1.82) is 0 Å². The molecule has 1 aliphatic heterocycles. The van der Waals surface area contributed by atoms with Crippen molar-refractivity contribution in [2.45, 2.75) is 26.1 Å². The van der Waals surface area contributed by atoms with Crippen LogP contribution in [-0.4, -0.2) is 11.9 Å². The first-order chi connectivity index (χ1) is 13.1. The molecule has 8 heteroatoms. The van der Waals surface area contributed by atoms with E-state index in [1.165, 1.54) is 19.1 Å². The van der Waals surface area contributed by atoms with Crippen LogP contribution in [0.1, 0.15) is 29.7 Å². The number of benzene rings is 2. The number of amides is 3. The summed E-state index contributed by atoms with van der Waals surface area (Å²) in [7, 11) is 0. The molecule has 1 heterocycles. The van der Waals surface area contributed by atoms with Crippen LogP contribution < -0.4 is 16.0 Å². The van der Waals surface area contributed by atoms with Crippen molar-refractivity contribution in [3.8, 4) is 0 Å². The van der Waals surface area contributed by atoms with Crippen LogP contribution in [0.15, 0.2) is 59.8 Å². The number of anilines is 1. The van der Waals surface area contributed by atoms with Crippen LogP contribution in [0.4, 0.5) is 23.7 Å². The van der Waals surface area contributed by atoms with Gasteiger partial charge in [0.15, 0.2) is 0 Å². The van der Waals surface area contributed by atoms with Gasteiger partial charge in [-0.25, -0.2) is 4.79 Å². The molecule has 1 atom stereocenters. The molecule has 0 bridgehead atoms. The quantitative estimate of drug-likeness (QED) is 0.733. The lowest BCUT2D eigenvalue weighted by Crippen LogP contribution is -2.46. The van der Waals surface area contributed by atoms with Gasteiger partial charge in [-0.15, -0.1) is 0 Å². The third-order valence-electron chi connectivity index (χ3n) is 4.37. The third kappa shape index (κ3) is 4.16. The van der Waals surface area contributed by atoms with Crippen molar-refractivity contribution in [2.75, 3.05) is 5.32 Å². The van der Waals surface area contributed by atoms with Gasteiger partial charge in [0.05, 0.1) is 17.2 Å². The number of nitrogens with one attached hydrogen (secondary N) is 3. The van der Waals surface area contributed by atoms with E-state index in [1.54, 1.807) is 12.1 Å². The number of aryl methyl sites for hydroxylation is 1. The number of halogens is 3. The molecule has 146 valence electrons. The molecule has 2 aromatic rings. The monoisotopic (exact) mass is 389 g/mol. The number of carbonyl (C=O) groups excluding carboxylic acids is 2. The van der Waals surface area contributed by atoms with Gasteiger partial charge in [0.2, 0.25) is 0 Å². The Morgan fingerprint density at radius 2 is 1.75 bits per heavy atom. The first-order valence-electron chi connectivity index (χ1n) is 8.48. The molecule has 28 heavy (non-hydrogen) atoms. The molecule has 2 aromatic carbocycles. The van der Waals surface area contributed by atoms with Gasteiger partial charge in [0.1, 0.15) is 0 Å². The molecule has 0 spiro atoms. The molecular formula is C20H18F3N3O2. The van der Waals surface area contributed by atoms with Crippen LogP contribution in [0.25, 0.3) is 0 Å². The maximum Gasteiger partial charge on any atom is 0.416 e. The van der Waals surface area contributed by atoms with Crippen molar-refractivity contribution in [1.82, 2.24) is 10.6 Å². The molecule has 0 aromatic heterocycles. The van der Waals surface area contributed by atoms with Crippen molar-refractivity contribution in [2.24, 2.45) is 0 Å². The van der Waals surface area contributed by atoms with Crippen LogP contribution in [-0.2, 0) is 11.0 Å². The van der Waals surface area contributed by atoms with Crippen molar-refractivity contribution < 1.29 is 22.8 Å². The highest BCUT2D eigenvalue weighted by atomic mass is 19.4.